The molecule has 0 radical (unpaired) electrons. The lowest BCUT2D eigenvalue weighted by atomic mass is 9.97. The number of hydrogen-bond donors (Lipinski definition) is 0. The summed E-state index contributed by atoms with van der Waals surface area (Å²) in [6.45, 7) is 4.75. The molecule has 2 aromatic heterocycles. The Morgan fingerprint density at radius 3 is 2.61 bits per heavy atom. The summed E-state index contributed by atoms with van der Waals surface area (Å²) in [7, 11) is 4.31. The molecule has 31 heavy (non-hydrogen) atoms. The van der Waals surface area contributed by atoms with E-state index in [0.717, 1.165) is 24.3 Å². The molecule has 5 nitrogen and oxygen atoms in total. The van der Waals surface area contributed by atoms with Gasteiger partial charge in [-0.1, -0.05) is 43.3 Å². The van der Waals surface area contributed by atoms with Crippen LogP contribution in [0.5, 0.6) is 5.75 Å². The van der Waals surface area contributed by atoms with E-state index in [4.69, 9.17) is 4.74 Å². The van der Waals surface area contributed by atoms with Crippen molar-refractivity contribution in [3.05, 3.63) is 94.0 Å². The molecule has 158 valence electrons. The summed E-state index contributed by atoms with van der Waals surface area (Å²) in [4.78, 5) is 15.2. The maximum atomic E-state index is 12.8. The van der Waals surface area contributed by atoms with E-state index in [1.165, 1.54) is 22.2 Å². The maximum absolute atomic E-state index is 12.8. The van der Waals surface area contributed by atoms with Gasteiger partial charge in [0.25, 0.3) is 5.56 Å². The van der Waals surface area contributed by atoms with Gasteiger partial charge in [-0.25, -0.2) is 0 Å². The second-order valence-corrected chi connectivity index (χ2v) is 8.57. The molecule has 0 bridgehead atoms. The minimum Gasteiger partial charge on any atom is -0.489 e. The smallest absolute Gasteiger partial charge is 0.258 e. The second-order valence-electron chi connectivity index (χ2n) is 8.57. The van der Waals surface area contributed by atoms with Gasteiger partial charge in [-0.2, -0.15) is 0 Å². The molecule has 5 heteroatoms. The number of benzene rings is 2. The van der Waals surface area contributed by atoms with Crippen molar-refractivity contribution in [2.45, 2.75) is 26.0 Å². The van der Waals surface area contributed by atoms with Gasteiger partial charge in [0.15, 0.2) is 0 Å². The SMILES string of the molecule is CC1CN(C)Cc2c1n(C)c1cc(-n3ccc(OCc4ccccc4)cc3=O)ccc21. The summed E-state index contributed by atoms with van der Waals surface area (Å²) in [5.41, 5.74) is 5.82. The molecule has 4 aromatic rings. The van der Waals surface area contributed by atoms with Crippen LogP contribution in [0, 0.1) is 0 Å². The Morgan fingerprint density at radius 2 is 1.84 bits per heavy atom. The van der Waals surface area contributed by atoms with Gasteiger partial charge in [0, 0.05) is 49.4 Å². The molecule has 5 rings (SSSR count). The van der Waals surface area contributed by atoms with Gasteiger partial charge in [-0.15, -0.1) is 0 Å². The van der Waals surface area contributed by atoms with Crippen molar-refractivity contribution in [1.82, 2.24) is 14.0 Å². The molecule has 0 spiro atoms. The summed E-state index contributed by atoms with van der Waals surface area (Å²) in [6, 6.07) is 19.7. The highest BCUT2D eigenvalue weighted by Crippen LogP contribution is 2.35. The highest BCUT2D eigenvalue weighted by Gasteiger charge is 2.26. The zero-order valence-corrected chi connectivity index (χ0v) is 18.2. The molecule has 3 heterocycles. The Kier molecular flexibility index (Phi) is 4.91. The normalized spacial score (nSPS) is 16.4. The molecular formula is C26H27N3O2. The van der Waals surface area contributed by atoms with Gasteiger partial charge in [0.2, 0.25) is 0 Å². The zero-order chi connectivity index (χ0) is 21.5. The first-order chi connectivity index (χ1) is 15.0. The van der Waals surface area contributed by atoms with Crippen molar-refractivity contribution in [2.24, 2.45) is 7.05 Å². The number of fused-ring (bicyclic) bond motifs is 3. The lowest BCUT2D eigenvalue weighted by molar-refractivity contribution is 0.284. The van der Waals surface area contributed by atoms with Gasteiger partial charge >= 0.3 is 0 Å². The van der Waals surface area contributed by atoms with E-state index in [2.05, 4.69) is 42.6 Å². The Hall–Kier alpha value is -3.31. The molecule has 1 atom stereocenters. The fourth-order valence-electron chi connectivity index (χ4n) is 4.86. The molecule has 2 aromatic carbocycles. The number of pyridine rings is 1. The quantitative estimate of drug-likeness (QED) is 0.496. The lowest BCUT2D eigenvalue weighted by Gasteiger charge is -2.29. The molecule has 0 N–H and O–H groups in total. The number of aryl methyl sites for hydroxylation is 1. The second kappa shape index (κ2) is 7.75. The van der Waals surface area contributed by atoms with E-state index in [1.54, 1.807) is 16.8 Å². The Balaban J connectivity index is 1.47. The maximum Gasteiger partial charge on any atom is 0.258 e. The molecule has 1 aliphatic heterocycles. The summed E-state index contributed by atoms with van der Waals surface area (Å²) in [6.07, 6.45) is 1.79. The van der Waals surface area contributed by atoms with Gasteiger partial charge in [-0.05, 0) is 36.4 Å². The molecule has 1 unspecified atom stereocenters. The van der Waals surface area contributed by atoms with E-state index in [9.17, 15) is 4.79 Å². The summed E-state index contributed by atoms with van der Waals surface area (Å²) in [5, 5.41) is 1.27. The first kappa shape index (κ1) is 19.6. The standard InChI is InChI=1S/C26H27N3O2/c1-18-15-27(2)16-23-22-10-9-20(13-24(22)28(3)26(18)23)29-12-11-21(14-25(29)30)31-17-19-7-5-4-6-8-19/h4-14,18H,15-17H2,1-3H3. The third-order valence-corrected chi connectivity index (χ3v) is 6.24. The average molecular weight is 414 g/mol. The number of rotatable bonds is 4. The van der Waals surface area contributed by atoms with Crippen LogP contribution >= 0.6 is 0 Å². The minimum absolute atomic E-state index is 0.100. The molecule has 1 aliphatic rings. The van der Waals surface area contributed by atoms with Gasteiger partial charge in [0.05, 0.1) is 11.2 Å². The van der Waals surface area contributed by atoms with E-state index < -0.39 is 0 Å². The Morgan fingerprint density at radius 1 is 1.03 bits per heavy atom. The number of likely N-dealkylation sites (N-methyl/N-ethyl adjacent to an activating group) is 1. The topological polar surface area (TPSA) is 39.4 Å². The van der Waals surface area contributed by atoms with Crippen molar-refractivity contribution in [1.29, 1.82) is 0 Å². The Bertz CT molecular complexity index is 1300. The van der Waals surface area contributed by atoms with E-state index in [1.807, 2.05) is 42.5 Å². The van der Waals surface area contributed by atoms with E-state index in [-0.39, 0.29) is 5.56 Å². The summed E-state index contributed by atoms with van der Waals surface area (Å²) < 4.78 is 9.78. The molecule has 0 saturated carbocycles. The van der Waals surface area contributed by atoms with Crippen molar-refractivity contribution >= 4 is 10.9 Å². The molecule has 0 amide bonds. The third-order valence-electron chi connectivity index (χ3n) is 6.24. The predicted octanol–water partition coefficient (Wildman–Crippen LogP) is 4.46. The number of nitrogens with zero attached hydrogens (tertiary/aromatic N) is 3. The highest BCUT2D eigenvalue weighted by atomic mass is 16.5. The monoisotopic (exact) mass is 413 g/mol. The molecule has 0 saturated heterocycles. The van der Waals surface area contributed by atoms with Crippen LogP contribution < -0.4 is 10.3 Å². The van der Waals surface area contributed by atoms with Crippen LogP contribution in [0.15, 0.2) is 71.7 Å². The van der Waals surface area contributed by atoms with E-state index >= 15 is 0 Å². The molecule has 0 aliphatic carbocycles. The van der Waals surface area contributed by atoms with Crippen LogP contribution in [0.2, 0.25) is 0 Å². The summed E-state index contributed by atoms with van der Waals surface area (Å²) >= 11 is 0. The predicted molar refractivity (Wildman–Crippen MR) is 124 cm³/mol. The largest absolute Gasteiger partial charge is 0.489 e. The first-order valence-corrected chi connectivity index (χ1v) is 10.7. The molecular weight excluding hydrogens is 386 g/mol. The number of aromatic nitrogens is 2. The lowest BCUT2D eigenvalue weighted by Crippen LogP contribution is -2.29. The van der Waals surface area contributed by atoms with Crippen LogP contribution in [0.3, 0.4) is 0 Å². The van der Waals surface area contributed by atoms with Gasteiger partial charge in [0.1, 0.15) is 12.4 Å². The van der Waals surface area contributed by atoms with Crippen molar-refractivity contribution < 1.29 is 4.74 Å². The number of hydrogen-bond acceptors (Lipinski definition) is 3. The fourth-order valence-corrected chi connectivity index (χ4v) is 4.86. The zero-order valence-electron chi connectivity index (χ0n) is 18.2. The van der Waals surface area contributed by atoms with Crippen LogP contribution in [0.1, 0.15) is 29.7 Å². The van der Waals surface area contributed by atoms with Crippen molar-refractivity contribution in [3.8, 4) is 11.4 Å². The van der Waals surface area contributed by atoms with Gasteiger partial charge in [-0.3, -0.25) is 9.36 Å². The van der Waals surface area contributed by atoms with Crippen molar-refractivity contribution in [2.75, 3.05) is 13.6 Å². The molecule has 0 fully saturated rings. The highest BCUT2D eigenvalue weighted by molar-refractivity contribution is 5.87. The third kappa shape index (κ3) is 3.55. The first-order valence-electron chi connectivity index (χ1n) is 10.7. The van der Waals surface area contributed by atoms with E-state index in [0.29, 0.717) is 18.3 Å². The van der Waals surface area contributed by atoms with Crippen LogP contribution in [0.4, 0.5) is 0 Å². The summed E-state index contributed by atoms with van der Waals surface area (Å²) in [5.74, 6) is 1.07. The van der Waals surface area contributed by atoms with Crippen molar-refractivity contribution in [3.63, 3.8) is 0 Å². The number of ether oxygens (including phenoxy) is 1. The Labute approximate surface area is 182 Å². The van der Waals surface area contributed by atoms with Gasteiger partial charge < -0.3 is 14.2 Å². The van der Waals surface area contributed by atoms with Crippen LogP contribution in [-0.4, -0.2) is 27.6 Å². The van der Waals surface area contributed by atoms with Crippen LogP contribution in [0.25, 0.3) is 16.6 Å². The minimum atomic E-state index is -0.100. The average Bonchev–Trinajstić information content (AvgIpc) is 3.04. The van der Waals surface area contributed by atoms with Crippen LogP contribution in [-0.2, 0) is 20.2 Å². The fraction of sp³-hybridized carbons (Fsp3) is 0.269.